The molecule has 1 aromatic rings. The fraction of sp³-hybridized carbons (Fsp3) is 0.684. The third-order valence-electron chi connectivity index (χ3n) is 5.31. The molecule has 1 saturated carbocycles. The first-order chi connectivity index (χ1) is 10.1. The monoisotopic (exact) mass is 289 g/mol. The lowest BCUT2D eigenvalue weighted by atomic mass is 9.72. The quantitative estimate of drug-likeness (QED) is 0.846. The molecule has 1 fully saturated rings. The maximum Gasteiger partial charge on any atom is 0.121 e. The summed E-state index contributed by atoms with van der Waals surface area (Å²) in [5.74, 6) is 3.45. The Balaban J connectivity index is 2.20. The van der Waals surface area contributed by atoms with Gasteiger partial charge in [-0.1, -0.05) is 39.3 Å². The van der Waals surface area contributed by atoms with Gasteiger partial charge in [0, 0.05) is 6.04 Å². The van der Waals surface area contributed by atoms with Crippen LogP contribution in [0, 0.1) is 24.7 Å². The van der Waals surface area contributed by atoms with Crippen LogP contribution in [0.4, 0.5) is 0 Å². The molecule has 21 heavy (non-hydrogen) atoms. The molecule has 1 N–H and O–H groups in total. The van der Waals surface area contributed by atoms with E-state index in [1.165, 1.54) is 30.4 Å². The molecule has 0 saturated heterocycles. The molecule has 0 spiro atoms. The molecule has 0 amide bonds. The van der Waals surface area contributed by atoms with Crippen LogP contribution in [0.2, 0.25) is 0 Å². The fourth-order valence-corrected chi connectivity index (χ4v) is 3.76. The summed E-state index contributed by atoms with van der Waals surface area (Å²) in [5, 5.41) is 3.73. The van der Waals surface area contributed by atoms with E-state index in [1.54, 1.807) is 7.11 Å². The van der Waals surface area contributed by atoms with Crippen molar-refractivity contribution in [1.82, 2.24) is 5.32 Å². The molecule has 4 unspecified atom stereocenters. The molecule has 0 heterocycles. The average Bonchev–Trinajstić information content (AvgIpc) is 2.48. The number of benzene rings is 1. The highest BCUT2D eigenvalue weighted by Crippen LogP contribution is 2.40. The molecule has 0 aromatic heterocycles. The highest BCUT2D eigenvalue weighted by molar-refractivity contribution is 5.37. The molecule has 2 rings (SSSR count). The second-order valence-electron chi connectivity index (χ2n) is 6.79. The molecular weight excluding hydrogens is 258 g/mol. The number of aryl methyl sites for hydroxylation is 1. The first kappa shape index (κ1) is 16.4. The summed E-state index contributed by atoms with van der Waals surface area (Å²) in [6.45, 7) is 10.2. The van der Waals surface area contributed by atoms with Gasteiger partial charge in [-0.25, -0.2) is 0 Å². The molecule has 0 bridgehead atoms. The standard InChI is InChI=1S/C19H31NO/c1-6-20-19(16-8-7-13(2)14(3)11-16)17-9-10-18(21-5)15(4)12-17/h9-10,12-14,16,19-20H,6-8,11H2,1-5H3. The van der Waals surface area contributed by atoms with Gasteiger partial charge in [-0.2, -0.15) is 0 Å². The predicted octanol–water partition coefficient (Wildman–Crippen LogP) is 4.73. The summed E-state index contributed by atoms with van der Waals surface area (Å²) in [5.41, 5.74) is 2.65. The van der Waals surface area contributed by atoms with Crippen molar-refractivity contribution < 1.29 is 4.74 Å². The van der Waals surface area contributed by atoms with E-state index in [4.69, 9.17) is 4.74 Å². The van der Waals surface area contributed by atoms with Crippen molar-refractivity contribution in [2.75, 3.05) is 13.7 Å². The number of ether oxygens (including phenoxy) is 1. The Labute approximate surface area is 130 Å². The van der Waals surface area contributed by atoms with Crippen LogP contribution in [-0.2, 0) is 0 Å². The van der Waals surface area contributed by atoms with Gasteiger partial charge in [0.05, 0.1) is 7.11 Å². The largest absolute Gasteiger partial charge is 0.496 e. The molecular formula is C19H31NO. The molecule has 1 aliphatic carbocycles. The smallest absolute Gasteiger partial charge is 0.121 e. The van der Waals surface area contributed by atoms with Crippen molar-refractivity contribution in [1.29, 1.82) is 0 Å². The molecule has 1 aromatic carbocycles. The Hall–Kier alpha value is -1.02. The van der Waals surface area contributed by atoms with Gasteiger partial charge in [0.1, 0.15) is 5.75 Å². The van der Waals surface area contributed by atoms with E-state index in [9.17, 15) is 0 Å². The van der Waals surface area contributed by atoms with Gasteiger partial charge in [0.15, 0.2) is 0 Å². The second kappa shape index (κ2) is 7.31. The Morgan fingerprint density at radius 1 is 1.24 bits per heavy atom. The fourth-order valence-electron chi connectivity index (χ4n) is 3.76. The lowest BCUT2D eigenvalue weighted by Crippen LogP contribution is -2.33. The number of rotatable bonds is 5. The van der Waals surface area contributed by atoms with Gasteiger partial charge in [-0.05, 0) is 61.3 Å². The van der Waals surface area contributed by atoms with E-state index in [1.807, 2.05) is 0 Å². The van der Waals surface area contributed by atoms with Crippen LogP contribution in [0.5, 0.6) is 5.75 Å². The number of methoxy groups -OCH3 is 1. The molecule has 118 valence electrons. The highest BCUT2D eigenvalue weighted by Gasteiger charge is 2.30. The van der Waals surface area contributed by atoms with Crippen molar-refractivity contribution in [2.24, 2.45) is 17.8 Å². The maximum absolute atomic E-state index is 5.40. The first-order valence-corrected chi connectivity index (χ1v) is 8.44. The summed E-state index contributed by atoms with van der Waals surface area (Å²) in [7, 11) is 1.74. The topological polar surface area (TPSA) is 21.3 Å². The summed E-state index contributed by atoms with van der Waals surface area (Å²) in [6, 6.07) is 7.13. The minimum atomic E-state index is 0.481. The normalized spacial score (nSPS) is 27.4. The van der Waals surface area contributed by atoms with Gasteiger partial charge in [-0.3, -0.25) is 0 Å². The van der Waals surface area contributed by atoms with Crippen LogP contribution >= 0.6 is 0 Å². The highest BCUT2D eigenvalue weighted by atomic mass is 16.5. The Morgan fingerprint density at radius 3 is 2.57 bits per heavy atom. The van der Waals surface area contributed by atoms with E-state index < -0.39 is 0 Å². The molecule has 0 radical (unpaired) electrons. The summed E-state index contributed by atoms with van der Waals surface area (Å²) in [4.78, 5) is 0. The van der Waals surface area contributed by atoms with Crippen molar-refractivity contribution in [3.63, 3.8) is 0 Å². The van der Waals surface area contributed by atoms with Crippen molar-refractivity contribution in [3.8, 4) is 5.75 Å². The number of nitrogens with one attached hydrogen (secondary N) is 1. The molecule has 4 atom stereocenters. The van der Waals surface area contributed by atoms with Gasteiger partial charge < -0.3 is 10.1 Å². The van der Waals surface area contributed by atoms with Gasteiger partial charge >= 0.3 is 0 Å². The molecule has 1 aliphatic rings. The van der Waals surface area contributed by atoms with Crippen molar-refractivity contribution in [3.05, 3.63) is 29.3 Å². The summed E-state index contributed by atoms with van der Waals surface area (Å²) in [6.07, 6.45) is 4.04. The lowest BCUT2D eigenvalue weighted by Gasteiger charge is -2.37. The zero-order valence-corrected chi connectivity index (χ0v) is 14.3. The van der Waals surface area contributed by atoms with E-state index in [0.717, 1.165) is 30.0 Å². The third-order valence-corrected chi connectivity index (χ3v) is 5.31. The number of hydrogen-bond acceptors (Lipinski definition) is 2. The van der Waals surface area contributed by atoms with Gasteiger partial charge in [0.2, 0.25) is 0 Å². The third kappa shape index (κ3) is 3.79. The average molecular weight is 289 g/mol. The Kier molecular flexibility index (Phi) is 5.69. The van der Waals surface area contributed by atoms with Gasteiger partial charge in [-0.15, -0.1) is 0 Å². The summed E-state index contributed by atoms with van der Waals surface area (Å²) < 4.78 is 5.40. The summed E-state index contributed by atoms with van der Waals surface area (Å²) >= 11 is 0. The van der Waals surface area contributed by atoms with E-state index in [0.29, 0.717) is 6.04 Å². The van der Waals surface area contributed by atoms with E-state index in [-0.39, 0.29) is 0 Å². The zero-order valence-electron chi connectivity index (χ0n) is 14.3. The lowest BCUT2D eigenvalue weighted by molar-refractivity contribution is 0.172. The molecule has 0 aliphatic heterocycles. The van der Waals surface area contributed by atoms with Crippen LogP contribution < -0.4 is 10.1 Å². The minimum Gasteiger partial charge on any atom is -0.496 e. The van der Waals surface area contributed by atoms with Gasteiger partial charge in [0.25, 0.3) is 0 Å². The SMILES string of the molecule is CCNC(c1ccc(OC)c(C)c1)C1CCC(C)C(C)C1. The Morgan fingerprint density at radius 2 is 2.00 bits per heavy atom. The Bertz CT molecular complexity index is 457. The van der Waals surface area contributed by atoms with Crippen LogP contribution in [0.1, 0.15) is 57.2 Å². The second-order valence-corrected chi connectivity index (χ2v) is 6.79. The van der Waals surface area contributed by atoms with Crippen LogP contribution in [0.3, 0.4) is 0 Å². The maximum atomic E-state index is 5.40. The first-order valence-electron chi connectivity index (χ1n) is 8.44. The molecule has 2 nitrogen and oxygen atoms in total. The predicted molar refractivity (Wildman–Crippen MR) is 89.8 cm³/mol. The van der Waals surface area contributed by atoms with Crippen molar-refractivity contribution in [2.45, 2.75) is 53.0 Å². The van der Waals surface area contributed by atoms with Crippen LogP contribution in [0.15, 0.2) is 18.2 Å². The molecule has 2 heteroatoms. The van der Waals surface area contributed by atoms with Crippen LogP contribution in [-0.4, -0.2) is 13.7 Å². The number of hydrogen-bond donors (Lipinski definition) is 1. The van der Waals surface area contributed by atoms with Crippen LogP contribution in [0.25, 0.3) is 0 Å². The van der Waals surface area contributed by atoms with E-state index in [2.05, 4.69) is 51.2 Å². The van der Waals surface area contributed by atoms with E-state index >= 15 is 0 Å². The van der Waals surface area contributed by atoms with Crippen molar-refractivity contribution >= 4 is 0 Å². The minimum absolute atomic E-state index is 0.481. The zero-order chi connectivity index (χ0) is 15.4.